The molecule has 6 heteroatoms. The van der Waals surface area contributed by atoms with Crippen LogP contribution in [0, 0.1) is 11.6 Å². The monoisotopic (exact) mass is 427 g/mol. The van der Waals surface area contributed by atoms with Gasteiger partial charge in [0.15, 0.2) is 17.3 Å². The number of ketones is 1. The third-order valence-corrected chi connectivity index (χ3v) is 6.22. The van der Waals surface area contributed by atoms with Crippen LogP contribution in [0.3, 0.4) is 0 Å². The summed E-state index contributed by atoms with van der Waals surface area (Å²) in [6.45, 7) is 0.999. The van der Waals surface area contributed by atoms with Gasteiger partial charge in [-0.1, -0.05) is 12.1 Å². The molecule has 1 heterocycles. The number of fused-ring (bicyclic) bond motifs is 1. The number of rotatable bonds is 6. The molecule has 0 aromatic heterocycles. The van der Waals surface area contributed by atoms with Gasteiger partial charge in [0.25, 0.3) is 0 Å². The van der Waals surface area contributed by atoms with Crippen molar-refractivity contribution in [2.45, 2.75) is 57.5 Å². The van der Waals surface area contributed by atoms with Crippen LogP contribution >= 0.6 is 0 Å². The molecule has 0 radical (unpaired) electrons. The number of Topliss-reactive ketones (excluding diaryl/α,β-unsaturated/α-hetero) is 1. The summed E-state index contributed by atoms with van der Waals surface area (Å²) in [5.74, 6) is -1.37. The number of piperidine rings is 1. The third-order valence-electron chi connectivity index (χ3n) is 6.22. The molecule has 164 valence electrons. The Hall–Kier alpha value is -2.76. The number of ether oxygens (including phenoxy) is 1. The van der Waals surface area contributed by atoms with E-state index in [1.54, 1.807) is 4.90 Å². The maximum absolute atomic E-state index is 13.8. The molecule has 1 fully saturated rings. The maximum Gasteiger partial charge on any atom is 0.223 e. The minimum Gasteiger partial charge on any atom is -0.487 e. The van der Waals surface area contributed by atoms with Crippen molar-refractivity contribution in [3.8, 4) is 5.75 Å². The predicted octanol–water partition coefficient (Wildman–Crippen LogP) is 4.88. The molecule has 1 aliphatic heterocycles. The topological polar surface area (TPSA) is 46.6 Å². The highest BCUT2D eigenvalue weighted by Gasteiger charge is 2.25. The first-order valence-corrected chi connectivity index (χ1v) is 11.0. The number of carbonyl (C=O) groups excluding carboxylic acids is 2. The van der Waals surface area contributed by atoms with E-state index in [9.17, 15) is 18.4 Å². The van der Waals surface area contributed by atoms with E-state index in [0.29, 0.717) is 31.5 Å². The van der Waals surface area contributed by atoms with Gasteiger partial charge in [0.2, 0.25) is 5.91 Å². The number of nitrogens with zero attached hydrogens (tertiary/aromatic N) is 1. The predicted molar refractivity (Wildman–Crippen MR) is 113 cm³/mol. The van der Waals surface area contributed by atoms with Crippen molar-refractivity contribution >= 4 is 11.7 Å². The van der Waals surface area contributed by atoms with Gasteiger partial charge in [-0.25, -0.2) is 8.78 Å². The van der Waals surface area contributed by atoms with Gasteiger partial charge >= 0.3 is 0 Å². The minimum absolute atomic E-state index is 0.00623. The molecule has 2 aromatic carbocycles. The standard InChI is InChI=1S/C25H27F2NO3/c26-20-7-9-24(22(27)16-20)31-21-11-13-28(14-12-21)25(30)10-8-23(29)19-6-5-17-3-1-2-4-18(17)15-19/h5-7,9,15-16,21H,1-4,8,10-14H2. The van der Waals surface area contributed by atoms with E-state index in [4.69, 9.17) is 4.74 Å². The lowest BCUT2D eigenvalue weighted by Gasteiger charge is -2.32. The van der Waals surface area contributed by atoms with Crippen molar-refractivity contribution in [2.24, 2.45) is 0 Å². The molecule has 0 atom stereocenters. The highest BCUT2D eigenvalue weighted by Crippen LogP contribution is 2.25. The van der Waals surface area contributed by atoms with E-state index in [-0.39, 0.29) is 36.4 Å². The minimum atomic E-state index is -0.723. The van der Waals surface area contributed by atoms with Crippen molar-refractivity contribution in [1.29, 1.82) is 0 Å². The van der Waals surface area contributed by atoms with Crippen LogP contribution < -0.4 is 4.74 Å². The molecule has 0 bridgehead atoms. The van der Waals surface area contributed by atoms with Crippen molar-refractivity contribution in [3.05, 3.63) is 64.7 Å². The summed E-state index contributed by atoms with van der Waals surface area (Å²) < 4.78 is 32.4. The lowest BCUT2D eigenvalue weighted by molar-refractivity contribution is -0.132. The van der Waals surface area contributed by atoms with Crippen molar-refractivity contribution in [3.63, 3.8) is 0 Å². The smallest absolute Gasteiger partial charge is 0.223 e. The number of amides is 1. The van der Waals surface area contributed by atoms with Crippen LogP contribution in [0.25, 0.3) is 0 Å². The fourth-order valence-corrected chi connectivity index (χ4v) is 4.40. The van der Waals surface area contributed by atoms with Gasteiger partial charge in [-0.05, 0) is 55.0 Å². The first-order valence-electron chi connectivity index (χ1n) is 11.0. The molecule has 0 N–H and O–H groups in total. The molecule has 4 rings (SSSR count). The van der Waals surface area contributed by atoms with E-state index in [0.717, 1.165) is 31.4 Å². The first kappa shape index (κ1) is 21.5. The summed E-state index contributed by atoms with van der Waals surface area (Å²) in [6, 6.07) is 9.18. The third kappa shape index (κ3) is 5.30. The van der Waals surface area contributed by atoms with Gasteiger partial charge in [-0.15, -0.1) is 0 Å². The van der Waals surface area contributed by atoms with E-state index in [1.165, 1.54) is 23.6 Å². The molecule has 2 aliphatic rings. The molecule has 0 spiro atoms. The summed E-state index contributed by atoms with van der Waals surface area (Å²) in [7, 11) is 0. The highest BCUT2D eigenvalue weighted by atomic mass is 19.1. The van der Waals surface area contributed by atoms with Crippen molar-refractivity contribution < 1.29 is 23.1 Å². The summed E-state index contributed by atoms with van der Waals surface area (Å²) in [6.07, 6.45) is 5.78. The SMILES string of the molecule is O=C(CCC(=O)N1CCC(Oc2ccc(F)cc2F)CC1)c1ccc2c(c1)CCCC2. The quantitative estimate of drug-likeness (QED) is 0.618. The Morgan fingerprint density at radius 2 is 1.68 bits per heavy atom. The number of carbonyl (C=O) groups is 2. The Bertz CT molecular complexity index is 967. The van der Waals surface area contributed by atoms with Gasteiger partial charge in [0.1, 0.15) is 11.9 Å². The zero-order chi connectivity index (χ0) is 21.8. The Morgan fingerprint density at radius 1 is 0.935 bits per heavy atom. The molecule has 1 saturated heterocycles. The zero-order valence-corrected chi connectivity index (χ0v) is 17.5. The zero-order valence-electron chi connectivity index (χ0n) is 17.5. The van der Waals surface area contributed by atoms with Crippen molar-refractivity contribution in [2.75, 3.05) is 13.1 Å². The van der Waals surface area contributed by atoms with Crippen LogP contribution in [0.4, 0.5) is 8.78 Å². The molecular weight excluding hydrogens is 400 g/mol. The molecule has 2 aromatic rings. The largest absolute Gasteiger partial charge is 0.487 e. The number of halogens is 2. The van der Waals surface area contributed by atoms with Crippen LogP contribution in [-0.2, 0) is 17.6 Å². The lowest BCUT2D eigenvalue weighted by atomic mass is 9.89. The fraction of sp³-hybridized carbons (Fsp3) is 0.440. The Kier molecular flexibility index (Phi) is 6.64. The molecule has 1 aliphatic carbocycles. The van der Waals surface area contributed by atoms with Crippen LogP contribution in [-0.4, -0.2) is 35.8 Å². The summed E-state index contributed by atoms with van der Waals surface area (Å²) in [4.78, 5) is 26.9. The van der Waals surface area contributed by atoms with Crippen molar-refractivity contribution in [1.82, 2.24) is 4.90 Å². The lowest BCUT2D eigenvalue weighted by Crippen LogP contribution is -2.41. The van der Waals surface area contributed by atoms with Crippen LogP contribution in [0.1, 0.15) is 60.0 Å². The second-order valence-corrected chi connectivity index (χ2v) is 8.39. The van der Waals surface area contributed by atoms with Gasteiger partial charge in [-0.2, -0.15) is 0 Å². The van der Waals surface area contributed by atoms with E-state index < -0.39 is 11.6 Å². The molecule has 4 nitrogen and oxygen atoms in total. The normalized spacial score (nSPS) is 16.6. The maximum atomic E-state index is 13.8. The number of hydrogen-bond acceptors (Lipinski definition) is 3. The van der Waals surface area contributed by atoms with Crippen LogP contribution in [0.5, 0.6) is 5.75 Å². The van der Waals surface area contributed by atoms with Gasteiger partial charge < -0.3 is 9.64 Å². The van der Waals surface area contributed by atoms with E-state index in [2.05, 4.69) is 6.07 Å². The highest BCUT2D eigenvalue weighted by molar-refractivity contribution is 5.98. The summed E-state index contributed by atoms with van der Waals surface area (Å²) >= 11 is 0. The van der Waals surface area contributed by atoms with Gasteiger partial charge in [0, 0.05) is 50.4 Å². The van der Waals surface area contributed by atoms with Gasteiger partial charge in [-0.3, -0.25) is 9.59 Å². The summed E-state index contributed by atoms with van der Waals surface area (Å²) in [5, 5.41) is 0. The van der Waals surface area contributed by atoms with Gasteiger partial charge in [0.05, 0.1) is 0 Å². The second kappa shape index (κ2) is 9.58. The molecular formula is C25H27F2NO3. The van der Waals surface area contributed by atoms with Crippen LogP contribution in [0.15, 0.2) is 36.4 Å². The Balaban J connectivity index is 1.24. The van der Waals surface area contributed by atoms with E-state index >= 15 is 0 Å². The number of hydrogen-bond donors (Lipinski definition) is 0. The van der Waals surface area contributed by atoms with Crippen LogP contribution in [0.2, 0.25) is 0 Å². The fourth-order valence-electron chi connectivity index (χ4n) is 4.40. The molecule has 31 heavy (non-hydrogen) atoms. The number of likely N-dealkylation sites (tertiary alicyclic amines) is 1. The number of benzene rings is 2. The summed E-state index contributed by atoms with van der Waals surface area (Å²) in [5.41, 5.74) is 3.30. The molecule has 0 unspecified atom stereocenters. The molecule has 0 saturated carbocycles. The average molecular weight is 427 g/mol. The average Bonchev–Trinajstić information content (AvgIpc) is 2.79. The number of aryl methyl sites for hydroxylation is 2. The second-order valence-electron chi connectivity index (χ2n) is 8.39. The molecule has 1 amide bonds. The van der Waals surface area contributed by atoms with E-state index in [1.807, 2.05) is 12.1 Å². The first-order chi connectivity index (χ1) is 15.0. The Labute approximate surface area is 181 Å². The Morgan fingerprint density at radius 3 is 2.42 bits per heavy atom.